The lowest BCUT2D eigenvalue weighted by atomic mass is 10.0. The first-order valence-corrected chi connectivity index (χ1v) is 8.43. The third-order valence-corrected chi connectivity index (χ3v) is 5.16. The van der Waals surface area contributed by atoms with E-state index in [0.29, 0.717) is 9.90 Å². The van der Waals surface area contributed by atoms with Crippen molar-refractivity contribution in [3.8, 4) is 0 Å². The minimum atomic E-state index is -0.412. The molecule has 1 fully saturated rings. The van der Waals surface area contributed by atoms with Crippen molar-refractivity contribution in [2.24, 2.45) is 5.73 Å². The Morgan fingerprint density at radius 1 is 1.36 bits per heavy atom. The third-order valence-electron chi connectivity index (χ3n) is 3.82. The molecule has 1 unspecified atom stereocenters. The van der Waals surface area contributed by atoms with Gasteiger partial charge < -0.3 is 5.73 Å². The fourth-order valence-electron chi connectivity index (χ4n) is 2.72. The van der Waals surface area contributed by atoms with Crippen LogP contribution in [0.15, 0.2) is 24.5 Å². The number of carbonyl (C=O) groups is 1. The van der Waals surface area contributed by atoms with Crippen LogP contribution < -0.4 is 5.73 Å². The van der Waals surface area contributed by atoms with Crippen LogP contribution in [0.25, 0.3) is 0 Å². The van der Waals surface area contributed by atoms with Gasteiger partial charge >= 0.3 is 0 Å². The summed E-state index contributed by atoms with van der Waals surface area (Å²) in [5.41, 5.74) is 6.31. The lowest BCUT2D eigenvalue weighted by Gasteiger charge is -2.34. The van der Waals surface area contributed by atoms with Crippen molar-refractivity contribution < 1.29 is 4.79 Å². The molecule has 2 aromatic rings. The third kappa shape index (κ3) is 3.45. The lowest BCUT2D eigenvalue weighted by Crippen LogP contribution is -2.33. The van der Waals surface area contributed by atoms with Crippen LogP contribution in [0.4, 0.5) is 0 Å². The number of likely N-dealkylation sites (tertiary alicyclic amines) is 1. The van der Waals surface area contributed by atoms with Crippen LogP contribution in [0.5, 0.6) is 0 Å². The van der Waals surface area contributed by atoms with Crippen molar-refractivity contribution in [1.29, 1.82) is 0 Å². The zero-order valence-corrected chi connectivity index (χ0v) is 13.6. The average Bonchev–Trinajstić information content (AvgIpc) is 3.00. The number of aromatic nitrogens is 2. The fraction of sp³-hybridized carbons (Fsp3) is 0.400. The molecule has 22 heavy (non-hydrogen) atoms. The molecule has 1 aliphatic rings. The molecule has 2 aromatic heterocycles. The number of pyridine rings is 1. The second-order valence-electron chi connectivity index (χ2n) is 5.38. The highest BCUT2D eigenvalue weighted by molar-refractivity contribution is 7.13. The number of hydrogen-bond acceptors (Lipinski definition) is 5. The molecule has 1 amide bonds. The maximum Gasteiger partial charge on any atom is 0.260 e. The Morgan fingerprint density at radius 3 is 2.91 bits per heavy atom. The molecule has 2 N–H and O–H groups in total. The van der Waals surface area contributed by atoms with Gasteiger partial charge in [-0.25, -0.2) is 4.98 Å². The summed E-state index contributed by atoms with van der Waals surface area (Å²) < 4.78 is 0. The molecule has 0 spiro atoms. The predicted octanol–water partition coefficient (Wildman–Crippen LogP) is 3.02. The molecule has 1 saturated heterocycles. The summed E-state index contributed by atoms with van der Waals surface area (Å²) in [6.45, 7) is 1.76. The molecule has 116 valence electrons. The predicted molar refractivity (Wildman–Crippen MR) is 86.9 cm³/mol. The highest BCUT2D eigenvalue weighted by atomic mass is 35.5. The SMILES string of the molecule is NC(=O)c1cnc(C2CCCCN2Cc2ccc(Cl)cn2)s1. The van der Waals surface area contributed by atoms with Gasteiger partial charge in [0.05, 0.1) is 23.0 Å². The first-order chi connectivity index (χ1) is 10.6. The Bertz CT molecular complexity index is 658. The summed E-state index contributed by atoms with van der Waals surface area (Å²) in [7, 11) is 0. The van der Waals surface area contributed by atoms with E-state index in [2.05, 4.69) is 14.9 Å². The highest BCUT2D eigenvalue weighted by Gasteiger charge is 2.27. The van der Waals surface area contributed by atoms with Crippen LogP contribution >= 0.6 is 22.9 Å². The molecular weight excluding hydrogens is 320 g/mol. The molecule has 3 rings (SSSR count). The molecular formula is C15H17ClN4OS. The second kappa shape index (κ2) is 6.73. The average molecular weight is 337 g/mol. The zero-order chi connectivity index (χ0) is 15.5. The van der Waals surface area contributed by atoms with Crippen LogP contribution in [-0.4, -0.2) is 27.3 Å². The number of primary amides is 1. The van der Waals surface area contributed by atoms with Crippen molar-refractivity contribution in [3.63, 3.8) is 0 Å². The monoisotopic (exact) mass is 336 g/mol. The topological polar surface area (TPSA) is 72.1 Å². The number of carbonyl (C=O) groups excluding carboxylic acids is 1. The Balaban J connectivity index is 1.78. The number of nitrogens with two attached hydrogens (primary N) is 1. The summed E-state index contributed by atoms with van der Waals surface area (Å²) >= 11 is 7.28. The van der Waals surface area contributed by atoms with Crippen molar-refractivity contribution in [3.05, 3.63) is 45.1 Å². The quantitative estimate of drug-likeness (QED) is 0.931. The molecule has 0 aliphatic carbocycles. The lowest BCUT2D eigenvalue weighted by molar-refractivity contribution is 0.100. The standard InChI is InChI=1S/C15H17ClN4OS/c16-10-4-5-11(18-7-10)9-20-6-2-1-3-12(20)15-19-8-13(22-15)14(17)21/h4-5,7-8,12H,1-3,6,9H2,(H2,17,21). The summed E-state index contributed by atoms with van der Waals surface area (Å²) in [5.74, 6) is -0.412. The van der Waals surface area contributed by atoms with Crippen molar-refractivity contribution in [2.75, 3.05) is 6.54 Å². The van der Waals surface area contributed by atoms with Gasteiger partial charge in [-0.15, -0.1) is 11.3 Å². The molecule has 0 saturated carbocycles. The van der Waals surface area contributed by atoms with Crippen LogP contribution in [0, 0.1) is 0 Å². The molecule has 3 heterocycles. The van der Waals surface area contributed by atoms with E-state index in [1.54, 1.807) is 12.4 Å². The molecule has 1 aliphatic heterocycles. The number of piperidine rings is 1. The molecule has 0 radical (unpaired) electrons. The van der Waals surface area contributed by atoms with Crippen LogP contribution in [0.2, 0.25) is 5.02 Å². The molecule has 5 nitrogen and oxygen atoms in total. The normalized spacial score (nSPS) is 19.2. The first-order valence-electron chi connectivity index (χ1n) is 7.23. The van der Waals surface area contributed by atoms with Gasteiger partial charge in [0.25, 0.3) is 5.91 Å². The summed E-state index contributed by atoms with van der Waals surface area (Å²) in [5, 5.41) is 1.60. The number of halogens is 1. The van der Waals surface area contributed by atoms with Crippen LogP contribution in [0.3, 0.4) is 0 Å². The first kappa shape index (κ1) is 15.4. The summed E-state index contributed by atoms with van der Waals surface area (Å²) in [4.78, 5) is 22.9. The van der Waals surface area contributed by atoms with E-state index >= 15 is 0 Å². The van der Waals surface area contributed by atoms with Gasteiger partial charge in [0.15, 0.2) is 0 Å². The van der Waals surface area contributed by atoms with Gasteiger partial charge in [-0.05, 0) is 31.5 Å². The number of hydrogen-bond donors (Lipinski definition) is 1. The smallest absolute Gasteiger partial charge is 0.260 e. The van der Waals surface area contributed by atoms with Crippen molar-refractivity contribution in [1.82, 2.24) is 14.9 Å². The Labute approximate surface area is 138 Å². The summed E-state index contributed by atoms with van der Waals surface area (Å²) in [6.07, 6.45) is 6.62. The highest BCUT2D eigenvalue weighted by Crippen LogP contribution is 2.34. The molecule has 7 heteroatoms. The largest absolute Gasteiger partial charge is 0.365 e. The Hall–Kier alpha value is -1.50. The summed E-state index contributed by atoms with van der Waals surface area (Å²) in [6, 6.07) is 4.03. The Kier molecular flexibility index (Phi) is 4.71. The maximum atomic E-state index is 11.3. The second-order valence-corrected chi connectivity index (χ2v) is 6.88. The van der Waals surface area contributed by atoms with E-state index in [1.807, 2.05) is 12.1 Å². The van der Waals surface area contributed by atoms with Gasteiger partial charge in [-0.3, -0.25) is 14.7 Å². The Morgan fingerprint density at radius 2 is 2.23 bits per heavy atom. The number of nitrogens with zero attached hydrogens (tertiary/aromatic N) is 3. The van der Waals surface area contributed by atoms with Crippen LogP contribution in [0.1, 0.15) is 45.7 Å². The van der Waals surface area contributed by atoms with Crippen molar-refractivity contribution >= 4 is 28.8 Å². The number of amides is 1. The minimum Gasteiger partial charge on any atom is -0.365 e. The van der Waals surface area contributed by atoms with Crippen LogP contribution in [-0.2, 0) is 6.54 Å². The fourth-order valence-corrected chi connectivity index (χ4v) is 3.78. The van der Waals surface area contributed by atoms with Gasteiger partial charge in [0.1, 0.15) is 9.88 Å². The van der Waals surface area contributed by atoms with E-state index in [1.165, 1.54) is 17.8 Å². The van der Waals surface area contributed by atoms with Gasteiger partial charge in [-0.2, -0.15) is 0 Å². The zero-order valence-electron chi connectivity index (χ0n) is 12.0. The van der Waals surface area contributed by atoms with Gasteiger partial charge in [0, 0.05) is 12.7 Å². The molecule has 0 aromatic carbocycles. The van der Waals surface area contributed by atoms with E-state index < -0.39 is 5.91 Å². The molecule has 1 atom stereocenters. The van der Waals surface area contributed by atoms with E-state index in [-0.39, 0.29) is 6.04 Å². The number of thiazole rings is 1. The van der Waals surface area contributed by atoms with E-state index in [9.17, 15) is 4.79 Å². The van der Waals surface area contributed by atoms with Gasteiger partial charge in [-0.1, -0.05) is 18.0 Å². The van der Waals surface area contributed by atoms with Crippen molar-refractivity contribution in [2.45, 2.75) is 31.8 Å². The van der Waals surface area contributed by atoms with E-state index in [0.717, 1.165) is 36.6 Å². The van der Waals surface area contributed by atoms with E-state index in [4.69, 9.17) is 17.3 Å². The molecule has 0 bridgehead atoms. The van der Waals surface area contributed by atoms with Gasteiger partial charge in [0.2, 0.25) is 0 Å². The minimum absolute atomic E-state index is 0.226. The number of rotatable bonds is 4. The maximum absolute atomic E-state index is 11.3.